The maximum absolute atomic E-state index is 12.4. The van der Waals surface area contributed by atoms with Gasteiger partial charge in [-0.2, -0.15) is 0 Å². The van der Waals surface area contributed by atoms with Crippen LogP contribution < -0.4 is 0 Å². The summed E-state index contributed by atoms with van der Waals surface area (Å²) in [7, 11) is 0. The molecule has 1 aliphatic carbocycles. The molecule has 0 spiro atoms. The van der Waals surface area contributed by atoms with Crippen molar-refractivity contribution in [3.8, 4) is 0 Å². The van der Waals surface area contributed by atoms with E-state index in [1.165, 1.54) is 30.4 Å². The van der Waals surface area contributed by atoms with E-state index in [9.17, 15) is 4.79 Å². The molecular weight excluding hydrogens is 224 g/mol. The molecule has 0 N–H and O–H groups in total. The molecule has 1 aromatic rings. The van der Waals surface area contributed by atoms with Crippen LogP contribution in [0.25, 0.3) is 0 Å². The highest BCUT2D eigenvalue weighted by molar-refractivity contribution is 5.99. The predicted molar refractivity (Wildman–Crippen MR) is 71.0 cm³/mol. The van der Waals surface area contributed by atoms with Crippen LogP contribution in [-0.4, -0.2) is 18.5 Å². The Labute approximate surface area is 108 Å². The zero-order chi connectivity index (χ0) is 12.4. The van der Waals surface area contributed by atoms with Gasteiger partial charge in [-0.15, -0.1) is 0 Å². The number of ether oxygens (including phenoxy) is 1. The van der Waals surface area contributed by atoms with Crippen molar-refractivity contribution in [3.05, 3.63) is 34.9 Å². The predicted octanol–water partition coefficient (Wildman–Crippen LogP) is 3.32. The van der Waals surface area contributed by atoms with Crippen LogP contribution in [0.15, 0.2) is 18.2 Å². The molecule has 1 heterocycles. The number of carbonyl (C=O) groups excluding carboxylic acids is 1. The van der Waals surface area contributed by atoms with Gasteiger partial charge in [0.1, 0.15) is 6.10 Å². The Morgan fingerprint density at radius 1 is 1.06 bits per heavy atom. The lowest BCUT2D eigenvalue weighted by Gasteiger charge is -2.22. The summed E-state index contributed by atoms with van der Waals surface area (Å²) in [5, 5.41) is 0. The topological polar surface area (TPSA) is 26.3 Å². The van der Waals surface area contributed by atoms with Crippen molar-refractivity contribution in [2.75, 3.05) is 6.61 Å². The number of aryl methyl sites for hydroxylation is 2. The minimum absolute atomic E-state index is 0.183. The Morgan fingerprint density at radius 2 is 1.89 bits per heavy atom. The lowest BCUT2D eigenvalue weighted by atomic mass is 9.88. The quantitative estimate of drug-likeness (QED) is 0.746. The molecule has 0 radical (unpaired) electrons. The van der Waals surface area contributed by atoms with Gasteiger partial charge in [0.2, 0.25) is 0 Å². The largest absolute Gasteiger partial charge is 0.370 e. The average Bonchev–Trinajstić information content (AvgIpc) is 2.47. The zero-order valence-electron chi connectivity index (χ0n) is 10.8. The van der Waals surface area contributed by atoms with Gasteiger partial charge in [-0.3, -0.25) is 4.79 Å². The third-order valence-electron chi connectivity index (χ3n) is 4.11. The molecule has 18 heavy (non-hydrogen) atoms. The fourth-order valence-electron chi connectivity index (χ4n) is 3.02. The summed E-state index contributed by atoms with van der Waals surface area (Å²) in [6.07, 6.45) is 7.73. The van der Waals surface area contributed by atoms with Crippen LogP contribution in [0.5, 0.6) is 0 Å². The van der Waals surface area contributed by atoms with E-state index in [0.717, 1.165) is 37.9 Å². The maximum atomic E-state index is 12.4. The van der Waals surface area contributed by atoms with E-state index < -0.39 is 0 Å². The van der Waals surface area contributed by atoms with Crippen LogP contribution in [-0.2, 0) is 17.6 Å². The summed E-state index contributed by atoms with van der Waals surface area (Å²) in [5.74, 6) is 0.183. The van der Waals surface area contributed by atoms with Crippen LogP contribution in [0.2, 0.25) is 0 Å². The fourth-order valence-corrected chi connectivity index (χ4v) is 3.02. The first-order chi connectivity index (χ1) is 8.84. The van der Waals surface area contributed by atoms with E-state index in [4.69, 9.17) is 4.74 Å². The monoisotopic (exact) mass is 244 g/mol. The van der Waals surface area contributed by atoms with E-state index >= 15 is 0 Å². The summed E-state index contributed by atoms with van der Waals surface area (Å²) < 4.78 is 5.59. The molecule has 0 saturated carbocycles. The Morgan fingerprint density at radius 3 is 2.67 bits per heavy atom. The molecule has 1 aromatic carbocycles. The zero-order valence-corrected chi connectivity index (χ0v) is 10.8. The molecule has 2 heteroatoms. The maximum Gasteiger partial charge on any atom is 0.191 e. The Bertz CT molecular complexity index is 444. The third-order valence-corrected chi connectivity index (χ3v) is 4.11. The number of ketones is 1. The normalized spacial score (nSPS) is 23.4. The summed E-state index contributed by atoms with van der Waals surface area (Å²) in [6, 6.07) is 6.24. The minimum Gasteiger partial charge on any atom is -0.370 e. The molecule has 3 rings (SSSR count). The first kappa shape index (κ1) is 11.9. The fraction of sp³-hybridized carbons (Fsp3) is 0.562. The van der Waals surface area contributed by atoms with Crippen LogP contribution in [0, 0.1) is 0 Å². The lowest BCUT2D eigenvalue weighted by Crippen LogP contribution is -2.28. The number of rotatable bonds is 2. The second kappa shape index (κ2) is 5.23. The van der Waals surface area contributed by atoms with E-state index in [1.807, 2.05) is 6.07 Å². The van der Waals surface area contributed by atoms with Gasteiger partial charge in [-0.1, -0.05) is 12.1 Å². The number of carbonyl (C=O) groups is 1. The molecule has 1 atom stereocenters. The Balaban J connectivity index is 1.80. The Hall–Kier alpha value is -1.15. The SMILES string of the molecule is O=C(c1ccc2c(c1)CCCC2)C1CCCCO1. The molecule has 96 valence electrons. The number of hydrogen-bond acceptors (Lipinski definition) is 2. The molecule has 0 bridgehead atoms. The van der Waals surface area contributed by atoms with Gasteiger partial charge in [0, 0.05) is 12.2 Å². The summed E-state index contributed by atoms with van der Waals surface area (Å²) in [4.78, 5) is 12.4. The van der Waals surface area contributed by atoms with E-state index in [2.05, 4.69) is 12.1 Å². The smallest absolute Gasteiger partial charge is 0.191 e. The Kier molecular flexibility index (Phi) is 3.46. The highest BCUT2D eigenvalue weighted by atomic mass is 16.5. The molecule has 0 amide bonds. The first-order valence-corrected chi connectivity index (χ1v) is 7.12. The highest BCUT2D eigenvalue weighted by Crippen LogP contribution is 2.24. The van der Waals surface area contributed by atoms with Crippen LogP contribution in [0.4, 0.5) is 0 Å². The standard InChI is InChI=1S/C16H20O2/c17-16(15-7-3-4-10-18-15)14-9-8-12-5-1-2-6-13(12)11-14/h8-9,11,15H,1-7,10H2. The van der Waals surface area contributed by atoms with Gasteiger partial charge in [0.15, 0.2) is 5.78 Å². The van der Waals surface area contributed by atoms with Gasteiger partial charge >= 0.3 is 0 Å². The molecule has 1 saturated heterocycles. The van der Waals surface area contributed by atoms with Crippen molar-refractivity contribution in [1.82, 2.24) is 0 Å². The van der Waals surface area contributed by atoms with E-state index in [-0.39, 0.29) is 11.9 Å². The lowest BCUT2D eigenvalue weighted by molar-refractivity contribution is 0.0186. The van der Waals surface area contributed by atoms with Gasteiger partial charge in [0.25, 0.3) is 0 Å². The molecule has 1 fully saturated rings. The van der Waals surface area contributed by atoms with Gasteiger partial charge in [0.05, 0.1) is 0 Å². The molecule has 2 nitrogen and oxygen atoms in total. The molecule has 1 aliphatic heterocycles. The molecule has 1 unspecified atom stereocenters. The van der Waals surface area contributed by atoms with Crippen molar-refractivity contribution in [1.29, 1.82) is 0 Å². The second-order valence-corrected chi connectivity index (χ2v) is 5.41. The van der Waals surface area contributed by atoms with Crippen molar-refractivity contribution in [3.63, 3.8) is 0 Å². The second-order valence-electron chi connectivity index (χ2n) is 5.41. The van der Waals surface area contributed by atoms with Crippen molar-refractivity contribution < 1.29 is 9.53 Å². The third kappa shape index (κ3) is 2.35. The van der Waals surface area contributed by atoms with Gasteiger partial charge < -0.3 is 4.74 Å². The van der Waals surface area contributed by atoms with Crippen molar-refractivity contribution >= 4 is 5.78 Å². The van der Waals surface area contributed by atoms with Gasteiger partial charge in [-0.25, -0.2) is 0 Å². The number of Topliss-reactive ketones (excluding diaryl/α,β-unsaturated/α-hetero) is 1. The average molecular weight is 244 g/mol. The highest BCUT2D eigenvalue weighted by Gasteiger charge is 2.24. The molecule has 0 aromatic heterocycles. The van der Waals surface area contributed by atoms with Gasteiger partial charge in [-0.05, 0) is 62.1 Å². The van der Waals surface area contributed by atoms with Crippen LogP contribution in [0.1, 0.15) is 53.6 Å². The molecule has 2 aliphatic rings. The first-order valence-electron chi connectivity index (χ1n) is 7.12. The number of fused-ring (bicyclic) bond motifs is 1. The molecular formula is C16H20O2. The van der Waals surface area contributed by atoms with E-state index in [0.29, 0.717) is 0 Å². The number of hydrogen-bond donors (Lipinski definition) is 0. The summed E-state index contributed by atoms with van der Waals surface area (Å²) in [5.41, 5.74) is 3.66. The van der Waals surface area contributed by atoms with Crippen LogP contribution in [0.3, 0.4) is 0 Å². The van der Waals surface area contributed by atoms with Crippen LogP contribution >= 0.6 is 0 Å². The van der Waals surface area contributed by atoms with E-state index in [1.54, 1.807) is 0 Å². The minimum atomic E-state index is -0.194. The summed E-state index contributed by atoms with van der Waals surface area (Å²) >= 11 is 0. The van der Waals surface area contributed by atoms with Crippen molar-refractivity contribution in [2.45, 2.75) is 51.0 Å². The van der Waals surface area contributed by atoms with Crippen molar-refractivity contribution in [2.24, 2.45) is 0 Å². The summed E-state index contributed by atoms with van der Waals surface area (Å²) in [6.45, 7) is 0.737. The number of benzene rings is 1.